The number of rotatable bonds is 7. The summed E-state index contributed by atoms with van der Waals surface area (Å²) in [6.07, 6.45) is -1.55. The molecule has 0 bridgehead atoms. The van der Waals surface area contributed by atoms with Crippen LogP contribution in [0.25, 0.3) is 0 Å². The summed E-state index contributed by atoms with van der Waals surface area (Å²) in [5, 5.41) is 11.1. The van der Waals surface area contributed by atoms with E-state index in [2.05, 4.69) is 0 Å². The van der Waals surface area contributed by atoms with Crippen molar-refractivity contribution in [2.24, 2.45) is 11.8 Å². The monoisotopic (exact) mass is 482 g/mol. The van der Waals surface area contributed by atoms with Gasteiger partial charge in [0, 0.05) is 24.5 Å². The first-order valence-electron chi connectivity index (χ1n) is 11.4. The van der Waals surface area contributed by atoms with Crippen molar-refractivity contribution in [3.05, 3.63) is 75.8 Å². The molecule has 0 saturated carbocycles. The molecule has 0 aromatic heterocycles. The van der Waals surface area contributed by atoms with Crippen molar-refractivity contribution in [3.63, 3.8) is 0 Å². The van der Waals surface area contributed by atoms with E-state index in [-0.39, 0.29) is 31.9 Å². The minimum atomic E-state index is -1.52. The zero-order chi connectivity index (χ0) is 25.2. The number of non-ortho nitro benzene ring substituents is 1. The molecule has 4 atom stereocenters. The van der Waals surface area contributed by atoms with Gasteiger partial charge in [0.15, 0.2) is 5.60 Å². The van der Waals surface area contributed by atoms with E-state index in [4.69, 9.17) is 14.2 Å². The molecule has 2 aromatic rings. The second-order valence-electron chi connectivity index (χ2n) is 8.58. The van der Waals surface area contributed by atoms with Gasteiger partial charge < -0.3 is 14.2 Å². The molecule has 2 heterocycles. The largest absolute Gasteiger partial charge is 0.464 e. The van der Waals surface area contributed by atoms with E-state index in [0.717, 1.165) is 10.5 Å². The van der Waals surface area contributed by atoms with E-state index < -0.39 is 46.4 Å². The average Bonchev–Trinajstić information content (AvgIpc) is 3.41. The fourth-order valence-electron chi connectivity index (χ4n) is 4.80. The number of hydrogen-bond donors (Lipinski definition) is 0. The van der Waals surface area contributed by atoms with Gasteiger partial charge in [-0.15, -0.1) is 0 Å². The molecule has 184 valence electrons. The molecule has 10 heteroatoms. The number of ether oxygens (including phenoxy) is 3. The summed E-state index contributed by atoms with van der Waals surface area (Å²) in [4.78, 5) is 50.9. The quantitative estimate of drug-likeness (QED) is 0.334. The van der Waals surface area contributed by atoms with E-state index in [9.17, 15) is 24.5 Å². The molecule has 35 heavy (non-hydrogen) atoms. The highest BCUT2D eigenvalue weighted by Gasteiger charge is 2.61. The third-order valence-electron chi connectivity index (χ3n) is 6.61. The van der Waals surface area contributed by atoms with Crippen LogP contribution in [0.15, 0.2) is 54.6 Å². The smallest absolute Gasteiger partial charge is 0.416 e. The van der Waals surface area contributed by atoms with Gasteiger partial charge in [-0.25, -0.2) is 14.5 Å². The van der Waals surface area contributed by atoms with Crippen molar-refractivity contribution in [3.8, 4) is 0 Å². The summed E-state index contributed by atoms with van der Waals surface area (Å²) in [6.45, 7) is 3.71. The lowest BCUT2D eigenvalue weighted by Gasteiger charge is -2.31. The number of nitro benzene ring substituents is 1. The predicted octanol–water partition coefficient (Wildman–Crippen LogP) is 3.44. The number of benzene rings is 2. The SMILES string of the molecule is CCOC(=O)[C@@]1(Cc2ccccc2)O[C@@H](c2ccc([N+](=O)[O-])cc2)[C@@H](C(=O)N2CCOC2=O)[C@@H]1C. The van der Waals surface area contributed by atoms with Gasteiger partial charge in [0.2, 0.25) is 5.91 Å². The van der Waals surface area contributed by atoms with Gasteiger partial charge in [-0.05, 0) is 30.2 Å². The van der Waals surface area contributed by atoms with Crippen LogP contribution in [0.3, 0.4) is 0 Å². The number of nitrogens with zero attached hydrogens (tertiary/aromatic N) is 2. The normalized spacial score (nSPS) is 25.8. The van der Waals surface area contributed by atoms with Crippen LogP contribution in [0.5, 0.6) is 0 Å². The summed E-state index contributed by atoms with van der Waals surface area (Å²) in [5.41, 5.74) is -0.351. The molecular weight excluding hydrogens is 456 g/mol. The maximum atomic E-state index is 13.6. The Hall–Kier alpha value is -3.79. The van der Waals surface area contributed by atoms with E-state index in [1.54, 1.807) is 13.8 Å². The summed E-state index contributed by atoms with van der Waals surface area (Å²) in [5.74, 6) is -2.76. The number of hydrogen-bond acceptors (Lipinski definition) is 8. The standard InChI is InChI=1S/C25H26N2O8/c1-3-33-23(29)25(15-17-7-5-4-6-8-17)16(2)20(22(28)26-13-14-34-24(26)30)21(35-25)18-9-11-19(12-10-18)27(31)32/h4-12,16,20-21H,3,13-15H2,1-2H3/t16-,20-,21-,25-/m0/s1. The summed E-state index contributed by atoms with van der Waals surface area (Å²) in [7, 11) is 0. The van der Waals surface area contributed by atoms with Crippen molar-refractivity contribution in [2.75, 3.05) is 19.8 Å². The lowest BCUT2D eigenvalue weighted by Crippen LogP contribution is -2.49. The Morgan fingerprint density at radius 3 is 2.43 bits per heavy atom. The second kappa shape index (κ2) is 9.83. The molecule has 0 spiro atoms. The van der Waals surface area contributed by atoms with Crippen LogP contribution in [0.1, 0.15) is 31.1 Å². The maximum Gasteiger partial charge on any atom is 0.416 e. The minimum Gasteiger partial charge on any atom is -0.464 e. The molecule has 2 aliphatic heterocycles. The van der Waals surface area contributed by atoms with Gasteiger partial charge in [0.05, 0.1) is 30.1 Å². The first-order valence-corrected chi connectivity index (χ1v) is 11.4. The van der Waals surface area contributed by atoms with E-state index >= 15 is 0 Å². The van der Waals surface area contributed by atoms with Crippen molar-refractivity contribution in [2.45, 2.75) is 32.0 Å². The summed E-state index contributed by atoms with van der Waals surface area (Å²) < 4.78 is 16.8. The zero-order valence-electron chi connectivity index (χ0n) is 19.4. The number of imide groups is 1. The molecule has 4 rings (SSSR count). The first-order chi connectivity index (χ1) is 16.8. The third kappa shape index (κ3) is 4.49. The minimum absolute atomic E-state index is 0.0851. The number of cyclic esters (lactones) is 1. The Morgan fingerprint density at radius 1 is 1.17 bits per heavy atom. The Bertz CT molecular complexity index is 1120. The fourth-order valence-corrected chi connectivity index (χ4v) is 4.80. The van der Waals surface area contributed by atoms with Gasteiger partial charge >= 0.3 is 12.1 Å². The Labute approximate surface area is 201 Å². The van der Waals surface area contributed by atoms with Gasteiger partial charge in [-0.1, -0.05) is 37.3 Å². The average molecular weight is 482 g/mol. The third-order valence-corrected chi connectivity index (χ3v) is 6.61. The molecule has 2 amide bonds. The van der Waals surface area contributed by atoms with Gasteiger partial charge in [0.1, 0.15) is 6.61 Å². The van der Waals surface area contributed by atoms with E-state index in [1.807, 2.05) is 30.3 Å². The molecule has 10 nitrogen and oxygen atoms in total. The molecule has 0 radical (unpaired) electrons. The van der Waals surface area contributed by atoms with Crippen LogP contribution in [0.2, 0.25) is 0 Å². The van der Waals surface area contributed by atoms with Crippen LogP contribution in [0, 0.1) is 22.0 Å². The molecule has 2 saturated heterocycles. The Kier molecular flexibility index (Phi) is 6.83. The van der Waals surface area contributed by atoms with Crippen molar-refractivity contribution in [1.29, 1.82) is 0 Å². The van der Waals surface area contributed by atoms with Gasteiger partial charge in [0.25, 0.3) is 5.69 Å². The fraction of sp³-hybridized carbons (Fsp3) is 0.400. The molecular formula is C25H26N2O8. The zero-order valence-corrected chi connectivity index (χ0v) is 19.4. The van der Waals surface area contributed by atoms with Crippen LogP contribution in [0.4, 0.5) is 10.5 Å². The van der Waals surface area contributed by atoms with Crippen LogP contribution in [-0.2, 0) is 30.2 Å². The molecule has 2 fully saturated rings. The summed E-state index contributed by atoms with van der Waals surface area (Å²) >= 11 is 0. The summed E-state index contributed by atoms with van der Waals surface area (Å²) in [6, 6.07) is 14.9. The lowest BCUT2D eigenvalue weighted by molar-refractivity contribution is -0.384. The highest BCUT2D eigenvalue weighted by atomic mass is 16.6. The number of nitro groups is 1. The van der Waals surface area contributed by atoms with Crippen molar-refractivity contribution < 1.29 is 33.5 Å². The number of carbonyl (C=O) groups excluding carboxylic acids is 3. The van der Waals surface area contributed by atoms with Crippen LogP contribution >= 0.6 is 0 Å². The maximum absolute atomic E-state index is 13.6. The van der Waals surface area contributed by atoms with Gasteiger partial charge in [-0.2, -0.15) is 0 Å². The first kappa shape index (κ1) is 24.3. The molecule has 2 aromatic carbocycles. The molecule has 0 N–H and O–H groups in total. The highest BCUT2D eigenvalue weighted by molar-refractivity contribution is 5.96. The predicted molar refractivity (Wildman–Crippen MR) is 122 cm³/mol. The number of esters is 1. The lowest BCUT2D eigenvalue weighted by atomic mass is 9.76. The molecule has 0 aliphatic carbocycles. The number of amides is 2. The molecule has 2 aliphatic rings. The second-order valence-corrected chi connectivity index (χ2v) is 8.58. The Balaban J connectivity index is 1.80. The topological polar surface area (TPSA) is 125 Å². The van der Waals surface area contributed by atoms with Crippen molar-refractivity contribution >= 4 is 23.7 Å². The Morgan fingerprint density at radius 2 is 1.86 bits per heavy atom. The van der Waals surface area contributed by atoms with Crippen molar-refractivity contribution in [1.82, 2.24) is 4.90 Å². The van der Waals surface area contributed by atoms with Crippen LogP contribution in [-0.4, -0.2) is 53.2 Å². The molecule has 0 unspecified atom stereocenters. The van der Waals surface area contributed by atoms with E-state index in [1.165, 1.54) is 24.3 Å². The highest BCUT2D eigenvalue weighted by Crippen LogP contribution is 2.51. The van der Waals surface area contributed by atoms with Gasteiger partial charge in [-0.3, -0.25) is 14.9 Å². The van der Waals surface area contributed by atoms with E-state index in [0.29, 0.717) is 5.56 Å². The number of carbonyl (C=O) groups is 3. The van der Waals surface area contributed by atoms with Crippen LogP contribution < -0.4 is 0 Å².